The zero-order valence-corrected chi connectivity index (χ0v) is 24.0. The number of urea groups is 1. The van der Waals surface area contributed by atoms with E-state index in [9.17, 15) is 18.0 Å². The molecule has 0 aliphatic carbocycles. The van der Waals surface area contributed by atoms with E-state index in [0.29, 0.717) is 64.4 Å². The van der Waals surface area contributed by atoms with Gasteiger partial charge in [0.05, 0.1) is 24.2 Å². The van der Waals surface area contributed by atoms with Crippen LogP contribution < -0.4 is 19.7 Å². The number of carbonyl (C=O) groups is 2. The molecule has 6 rings (SSSR count). The van der Waals surface area contributed by atoms with Crippen molar-refractivity contribution in [1.82, 2.24) is 24.6 Å². The summed E-state index contributed by atoms with van der Waals surface area (Å²) in [7, 11) is -2.35. The molecule has 3 amide bonds. The number of fused-ring (bicyclic) bond motifs is 3. The maximum Gasteiger partial charge on any atom is 0.328 e. The Morgan fingerprint density at radius 3 is 2.71 bits per heavy atom. The van der Waals surface area contributed by atoms with Gasteiger partial charge in [0.2, 0.25) is 21.8 Å². The van der Waals surface area contributed by atoms with Crippen molar-refractivity contribution in [1.29, 1.82) is 0 Å². The second kappa shape index (κ2) is 10.4. The van der Waals surface area contributed by atoms with E-state index < -0.39 is 21.5 Å². The minimum absolute atomic E-state index is 0.0426. The van der Waals surface area contributed by atoms with Gasteiger partial charge in [0, 0.05) is 49.9 Å². The Hall–Kier alpha value is -4.14. The molecule has 12 nitrogen and oxygen atoms in total. The molecule has 5 heterocycles. The molecular weight excluding hydrogens is 566 g/mol. The fourth-order valence-corrected chi connectivity index (χ4v) is 7.21. The van der Waals surface area contributed by atoms with Crippen LogP contribution in [-0.4, -0.2) is 67.0 Å². The zero-order chi connectivity index (χ0) is 28.8. The first-order valence-electron chi connectivity index (χ1n) is 12.9. The minimum Gasteiger partial charge on any atom is -0.481 e. The molecule has 0 bridgehead atoms. The molecule has 1 spiro atoms. The number of pyridine rings is 2. The number of carbonyl (C=O) groups excluding carboxylic acids is 2. The predicted molar refractivity (Wildman–Crippen MR) is 154 cm³/mol. The summed E-state index contributed by atoms with van der Waals surface area (Å²) in [6.07, 6.45) is 2.20. The van der Waals surface area contributed by atoms with E-state index in [-0.39, 0.29) is 17.3 Å². The third-order valence-corrected chi connectivity index (χ3v) is 9.75. The number of likely N-dealkylation sites (tertiary alicyclic amines) is 1. The van der Waals surface area contributed by atoms with Crippen LogP contribution >= 0.6 is 11.3 Å². The molecule has 1 atom stereocenters. The lowest BCUT2D eigenvalue weighted by molar-refractivity contribution is -0.127. The number of benzene rings is 1. The van der Waals surface area contributed by atoms with Crippen LogP contribution in [0.25, 0.3) is 10.3 Å². The summed E-state index contributed by atoms with van der Waals surface area (Å²) in [6, 6.07) is 13.1. The van der Waals surface area contributed by atoms with Crippen molar-refractivity contribution in [3.05, 3.63) is 66.0 Å². The summed E-state index contributed by atoms with van der Waals surface area (Å²) < 4.78 is 34.3. The van der Waals surface area contributed by atoms with Crippen molar-refractivity contribution in [2.24, 2.45) is 0 Å². The molecule has 1 saturated heterocycles. The Bertz CT molecular complexity index is 1760. The number of aromatic nitrogens is 3. The Morgan fingerprint density at radius 2 is 1.98 bits per heavy atom. The summed E-state index contributed by atoms with van der Waals surface area (Å²) in [5.74, 6) is 0.385. The summed E-state index contributed by atoms with van der Waals surface area (Å²) in [4.78, 5) is 42.9. The molecule has 41 heavy (non-hydrogen) atoms. The maximum atomic E-state index is 13.6. The molecule has 2 N–H and O–H groups in total. The van der Waals surface area contributed by atoms with E-state index in [2.05, 4.69) is 25.0 Å². The topological polar surface area (TPSA) is 147 Å². The first kappa shape index (κ1) is 27.1. The Balaban J connectivity index is 1.30. The highest BCUT2D eigenvalue weighted by molar-refractivity contribution is 7.89. The second-order valence-corrected chi connectivity index (χ2v) is 12.8. The van der Waals surface area contributed by atoms with Gasteiger partial charge in [-0.3, -0.25) is 20.0 Å². The SMILES string of the molecule is COc1ccc2nc(NC(=O)N3CC4(CCN(C(C)=O)C4)c4cc(S(=O)(=O)NCc5ccccn5)ccc43)sc2n1. The Kier molecular flexibility index (Phi) is 6.83. The smallest absolute Gasteiger partial charge is 0.328 e. The highest BCUT2D eigenvalue weighted by Gasteiger charge is 2.50. The predicted octanol–water partition coefficient (Wildman–Crippen LogP) is 3.12. The van der Waals surface area contributed by atoms with Gasteiger partial charge in [0.25, 0.3) is 0 Å². The number of amides is 3. The number of nitrogens with zero attached hydrogens (tertiary/aromatic N) is 5. The highest BCUT2D eigenvalue weighted by atomic mass is 32.2. The van der Waals surface area contributed by atoms with Crippen molar-refractivity contribution in [2.45, 2.75) is 30.2 Å². The number of nitrogens with one attached hydrogen (secondary N) is 2. The van der Waals surface area contributed by atoms with E-state index in [4.69, 9.17) is 4.74 Å². The number of methoxy groups -OCH3 is 1. The molecule has 0 saturated carbocycles. The van der Waals surface area contributed by atoms with Crippen LogP contribution in [0.1, 0.15) is 24.6 Å². The summed E-state index contributed by atoms with van der Waals surface area (Å²) >= 11 is 1.23. The van der Waals surface area contributed by atoms with Crippen LogP contribution in [0, 0.1) is 0 Å². The van der Waals surface area contributed by atoms with Crippen molar-refractivity contribution >= 4 is 54.5 Å². The standard InChI is InChI=1S/C27H27N7O5S2/c1-17(35)33-12-10-27(15-33)16-34(26(36)32-25-30-21-7-9-23(39-2)31-24(21)40-25)22-8-6-19(13-20(22)27)41(37,38)29-14-18-5-3-4-11-28-18/h3-9,11,13,29H,10,12,14-16H2,1-2H3,(H,30,32,36). The van der Waals surface area contributed by atoms with Gasteiger partial charge in [-0.15, -0.1) is 0 Å². The molecule has 1 fully saturated rings. The lowest BCUT2D eigenvalue weighted by Gasteiger charge is -2.25. The average Bonchev–Trinajstić information content (AvgIpc) is 3.67. The molecule has 212 valence electrons. The van der Waals surface area contributed by atoms with Crippen molar-refractivity contribution in [3.63, 3.8) is 0 Å². The maximum absolute atomic E-state index is 13.6. The van der Waals surface area contributed by atoms with E-state index in [1.165, 1.54) is 31.4 Å². The number of hydrogen-bond acceptors (Lipinski definition) is 9. The fourth-order valence-electron chi connectivity index (χ4n) is 5.37. The van der Waals surface area contributed by atoms with Crippen LogP contribution in [0.15, 0.2) is 59.6 Å². The van der Waals surface area contributed by atoms with Crippen LogP contribution in [0.3, 0.4) is 0 Å². The van der Waals surface area contributed by atoms with Crippen molar-refractivity contribution < 1.29 is 22.7 Å². The molecule has 3 aromatic heterocycles. The van der Waals surface area contributed by atoms with Gasteiger partial charge in [-0.2, -0.15) is 0 Å². The first-order valence-corrected chi connectivity index (χ1v) is 15.2. The van der Waals surface area contributed by atoms with Gasteiger partial charge < -0.3 is 9.64 Å². The average molecular weight is 594 g/mol. The van der Waals surface area contributed by atoms with Crippen LogP contribution in [0.4, 0.5) is 15.6 Å². The number of sulfonamides is 1. The van der Waals surface area contributed by atoms with E-state index in [1.807, 2.05) is 0 Å². The van der Waals surface area contributed by atoms with Crippen molar-refractivity contribution in [3.8, 4) is 5.88 Å². The molecule has 14 heteroatoms. The summed E-state index contributed by atoms with van der Waals surface area (Å²) in [5.41, 5.74) is 1.93. The molecule has 2 aliphatic heterocycles. The second-order valence-electron chi connectivity index (χ2n) is 10.0. The van der Waals surface area contributed by atoms with Gasteiger partial charge in [-0.25, -0.2) is 27.9 Å². The zero-order valence-electron chi connectivity index (χ0n) is 22.3. The third-order valence-electron chi connectivity index (χ3n) is 7.47. The fraction of sp³-hybridized carbons (Fsp3) is 0.296. The largest absolute Gasteiger partial charge is 0.481 e. The van der Waals surface area contributed by atoms with Crippen molar-refractivity contribution in [2.75, 3.05) is 37.0 Å². The molecular formula is C27H27N7O5S2. The Morgan fingerprint density at radius 1 is 1.12 bits per heavy atom. The third kappa shape index (κ3) is 5.09. The van der Waals surface area contributed by atoms with Gasteiger partial charge in [0.15, 0.2) is 5.13 Å². The van der Waals surface area contributed by atoms with Crippen LogP contribution in [0.2, 0.25) is 0 Å². The van der Waals surface area contributed by atoms with Gasteiger partial charge >= 0.3 is 6.03 Å². The normalized spacial score (nSPS) is 18.2. The Labute approximate surface area is 240 Å². The molecule has 1 unspecified atom stereocenters. The number of hydrogen-bond donors (Lipinski definition) is 2. The number of ether oxygens (including phenoxy) is 1. The monoisotopic (exact) mass is 593 g/mol. The van der Waals surface area contributed by atoms with E-state index in [1.54, 1.807) is 58.5 Å². The number of rotatable bonds is 6. The molecule has 1 aromatic carbocycles. The lowest BCUT2D eigenvalue weighted by Crippen LogP contribution is -2.41. The van der Waals surface area contributed by atoms with Gasteiger partial charge in [-0.1, -0.05) is 17.4 Å². The summed E-state index contributed by atoms with van der Waals surface area (Å²) in [6.45, 7) is 2.75. The molecule has 4 aromatic rings. The highest BCUT2D eigenvalue weighted by Crippen LogP contribution is 2.47. The van der Waals surface area contributed by atoms with Crippen LogP contribution in [0.5, 0.6) is 5.88 Å². The quantitative estimate of drug-likeness (QED) is 0.347. The number of thiazole rings is 1. The lowest BCUT2D eigenvalue weighted by atomic mass is 9.81. The first-order chi connectivity index (χ1) is 19.7. The van der Waals surface area contributed by atoms with Gasteiger partial charge in [-0.05, 0) is 48.4 Å². The minimum atomic E-state index is -3.88. The number of anilines is 2. The van der Waals surface area contributed by atoms with E-state index >= 15 is 0 Å². The molecule has 0 radical (unpaired) electrons. The molecule has 2 aliphatic rings. The summed E-state index contributed by atoms with van der Waals surface area (Å²) in [5, 5.41) is 3.25. The van der Waals surface area contributed by atoms with Crippen LogP contribution in [-0.2, 0) is 26.8 Å². The van der Waals surface area contributed by atoms with Gasteiger partial charge in [0.1, 0.15) is 10.3 Å². The van der Waals surface area contributed by atoms with E-state index in [0.717, 1.165) is 0 Å².